The first-order valence-electron chi connectivity index (χ1n) is 8.24. The van der Waals surface area contributed by atoms with Crippen LogP contribution in [0.25, 0.3) is 0 Å². The van der Waals surface area contributed by atoms with E-state index in [1.807, 2.05) is 18.2 Å². The van der Waals surface area contributed by atoms with Crippen molar-refractivity contribution in [2.24, 2.45) is 5.92 Å². The van der Waals surface area contributed by atoms with E-state index in [4.69, 9.17) is 0 Å². The van der Waals surface area contributed by atoms with Gasteiger partial charge in [-0.25, -0.2) is 0 Å². The van der Waals surface area contributed by atoms with Gasteiger partial charge in [-0.2, -0.15) is 0 Å². The van der Waals surface area contributed by atoms with Crippen LogP contribution in [0.15, 0.2) is 29.8 Å². The monoisotopic (exact) mass is 282 g/mol. The van der Waals surface area contributed by atoms with Gasteiger partial charge in [0, 0.05) is 11.8 Å². The molecule has 0 saturated heterocycles. The van der Waals surface area contributed by atoms with Crippen LogP contribution >= 0.6 is 0 Å². The molecule has 2 heteroatoms. The Balaban J connectivity index is 1.89. The van der Waals surface area contributed by atoms with Crippen LogP contribution in [-0.4, -0.2) is 10.9 Å². The summed E-state index contributed by atoms with van der Waals surface area (Å²) in [6.45, 7) is 0. The van der Waals surface area contributed by atoms with Gasteiger partial charge in [-0.3, -0.25) is 4.79 Å². The molecule has 3 aliphatic rings. The molecule has 0 bridgehead atoms. The van der Waals surface area contributed by atoms with E-state index in [1.54, 1.807) is 0 Å². The van der Waals surface area contributed by atoms with Crippen molar-refractivity contribution >= 4 is 5.78 Å². The molecule has 0 aliphatic heterocycles. The van der Waals surface area contributed by atoms with Crippen LogP contribution in [0.4, 0.5) is 0 Å². The van der Waals surface area contributed by atoms with Crippen molar-refractivity contribution in [1.29, 1.82) is 0 Å². The Labute approximate surface area is 125 Å². The Kier molecular flexibility index (Phi) is 2.95. The second-order valence-electron chi connectivity index (χ2n) is 7.06. The first kappa shape index (κ1) is 13.1. The van der Waals surface area contributed by atoms with Gasteiger partial charge >= 0.3 is 0 Å². The molecular formula is C19H22O2. The molecule has 1 N–H and O–H groups in total. The lowest BCUT2D eigenvalue weighted by Crippen LogP contribution is -2.34. The third kappa shape index (κ3) is 2.21. The Morgan fingerprint density at radius 3 is 2.86 bits per heavy atom. The minimum Gasteiger partial charge on any atom is -0.508 e. The maximum absolute atomic E-state index is 11.9. The smallest absolute Gasteiger partial charge is 0.155 e. The minimum atomic E-state index is 0.0780. The van der Waals surface area contributed by atoms with Gasteiger partial charge in [0.05, 0.1) is 0 Å². The van der Waals surface area contributed by atoms with Crippen molar-refractivity contribution in [3.8, 4) is 5.75 Å². The molecule has 0 spiro atoms. The summed E-state index contributed by atoms with van der Waals surface area (Å²) in [6, 6.07) is 5.90. The molecule has 0 heterocycles. The zero-order valence-electron chi connectivity index (χ0n) is 12.4. The third-order valence-corrected chi connectivity index (χ3v) is 5.58. The maximum atomic E-state index is 11.9. The lowest BCUT2D eigenvalue weighted by atomic mass is 9.64. The summed E-state index contributed by atoms with van der Waals surface area (Å²) in [5.41, 5.74) is 4.14. The number of aryl methyl sites for hydroxylation is 1. The highest BCUT2D eigenvalue weighted by Gasteiger charge is 2.44. The summed E-state index contributed by atoms with van der Waals surface area (Å²) in [7, 11) is 0. The van der Waals surface area contributed by atoms with Gasteiger partial charge in [0.25, 0.3) is 0 Å². The summed E-state index contributed by atoms with van der Waals surface area (Å²) in [5.74, 6) is 1.51. The molecule has 1 fully saturated rings. The van der Waals surface area contributed by atoms with Gasteiger partial charge < -0.3 is 5.11 Å². The average Bonchev–Trinajstić information content (AvgIpc) is 3.26. The molecule has 1 atom stereocenters. The summed E-state index contributed by atoms with van der Waals surface area (Å²) < 4.78 is 0. The van der Waals surface area contributed by atoms with Crippen molar-refractivity contribution in [2.45, 2.75) is 56.8 Å². The maximum Gasteiger partial charge on any atom is 0.155 e. The molecule has 1 aromatic rings. The van der Waals surface area contributed by atoms with Crippen LogP contribution in [0.3, 0.4) is 0 Å². The number of hydrogen-bond acceptors (Lipinski definition) is 2. The topological polar surface area (TPSA) is 37.3 Å². The molecule has 3 aliphatic carbocycles. The minimum absolute atomic E-state index is 0.0780. The van der Waals surface area contributed by atoms with Crippen molar-refractivity contribution in [3.63, 3.8) is 0 Å². The molecule has 4 rings (SSSR count). The predicted octanol–water partition coefficient (Wildman–Crippen LogP) is 4.06. The van der Waals surface area contributed by atoms with Gasteiger partial charge in [-0.1, -0.05) is 24.5 Å². The molecule has 0 aromatic heterocycles. The normalized spacial score (nSPS) is 28.4. The summed E-state index contributed by atoms with van der Waals surface area (Å²) in [4.78, 5) is 11.9. The molecule has 1 saturated carbocycles. The number of rotatable bonds is 2. The lowest BCUT2D eigenvalue weighted by molar-refractivity contribution is -0.115. The Bertz CT molecular complexity index is 624. The van der Waals surface area contributed by atoms with E-state index in [0.29, 0.717) is 18.0 Å². The number of aromatic hydroxyl groups is 1. The lowest BCUT2D eigenvalue weighted by Gasteiger charge is -2.39. The number of allylic oxidation sites excluding steroid dienone is 2. The number of fused-ring (bicyclic) bond motifs is 3. The first-order chi connectivity index (χ1) is 10.2. The number of carbonyl (C=O) groups is 1. The second-order valence-corrected chi connectivity index (χ2v) is 7.06. The van der Waals surface area contributed by atoms with E-state index in [-0.39, 0.29) is 5.41 Å². The van der Waals surface area contributed by atoms with E-state index in [9.17, 15) is 9.90 Å². The van der Waals surface area contributed by atoms with Crippen LogP contribution in [0.1, 0.15) is 56.1 Å². The fourth-order valence-corrected chi connectivity index (χ4v) is 4.40. The zero-order valence-corrected chi connectivity index (χ0v) is 12.4. The van der Waals surface area contributed by atoms with E-state index in [0.717, 1.165) is 31.6 Å². The van der Waals surface area contributed by atoms with Crippen molar-refractivity contribution in [3.05, 3.63) is 41.0 Å². The standard InChI is InChI=1S/C19H22O2/c20-16-6-7-18-14(10-16)2-1-3-15-11-17(21)8-9-19(15,18)12-13-4-5-13/h6-7,10-11,13,20H,1-5,8-9,12H2. The van der Waals surface area contributed by atoms with Gasteiger partial charge in [0.2, 0.25) is 0 Å². The molecular weight excluding hydrogens is 260 g/mol. The Hall–Kier alpha value is -1.57. The molecule has 110 valence electrons. The molecule has 1 unspecified atom stereocenters. The van der Waals surface area contributed by atoms with Crippen molar-refractivity contribution in [2.75, 3.05) is 0 Å². The first-order valence-corrected chi connectivity index (χ1v) is 8.24. The van der Waals surface area contributed by atoms with Crippen LogP contribution < -0.4 is 0 Å². The van der Waals surface area contributed by atoms with Crippen molar-refractivity contribution < 1.29 is 9.90 Å². The SMILES string of the molecule is O=C1C=C2CCCc3cc(O)ccc3C2(CC2CC2)CC1. The number of phenols is 1. The predicted molar refractivity (Wildman–Crippen MR) is 82.4 cm³/mol. The third-order valence-electron chi connectivity index (χ3n) is 5.58. The van der Waals surface area contributed by atoms with Gasteiger partial charge in [-0.05, 0) is 67.4 Å². The molecule has 2 nitrogen and oxygen atoms in total. The van der Waals surface area contributed by atoms with Crippen LogP contribution in [-0.2, 0) is 16.6 Å². The second kappa shape index (κ2) is 4.72. The summed E-state index contributed by atoms with van der Waals surface area (Å²) >= 11 is 0. The van der Waals surface area contributed by atoms with Gasteiger partial charge in [0.1, 0.15) is 5.75 Å². The number of hydrogen-bond donors (Lipinski definition) is 1. The quantitative estimate of drug-likeness (QED) is 0.888. The van der Waals surface area contributed by atoms with E-state index in [1.165, 1.54) is 36.0 Å². The van der Waals surface area contributed by atoms with Crippen molar-refractivity contribution in [1.82, 2.24) is 0 Å². The summed E-state index contributed by atoms with van der Waals surface area (Å²) in [6.07, 6.45) is 10.6. The van der Waals surface area contributed by atoms with Gasteiger partial charge in [0.15, 0.2) is 5.78 Å². The number of benzene rings is 1. The van der Waals surface area contributed by atoms with E-state index in [2.05, 4.69) is 6.07 Å². The number of carbonyl (C=O) groups excluding carboxylic acids is 1. The molecule has 1 aromatic carbocycles. The van der Waals surface area contributed by atoms with E-state index < -0.39 is 0 Å². The fourth-order valence-electron chi connectivity index (χ4n) is 4.40. The fraction of sp³-hybridized carbons (Fsp3) is 0.526. The highest BCUT2D eigenvalue weighted by molar-refractivity contribution is 5.92. The zero-order chi connectivity index (χ0) is 14.4. The molecule has 0 radical (unpaired) electrons. The highest BCUT2D eigenvalue weighted by Crippen LogP contribution is 2.53. The molecule has 0 amide bonds. The Morgan fingerprint density at radius 2 is 2.05 bits per heavy atom. The molecule has 21 heavy (non-hydrogen) atoms. The highest BCUT2D eigenvalue weighted by atomic mass is 16.3. The van der Waals surface area contributed by atoms with Crippen LogP contribution in [0.5, 0.6) is 5.75 Å². The van der Waals surface area contributed by atoms with Gasteiger partial charge in [-0.15, -0.1) is 0 Å². The average molecular weight is 282 g/mol. The largest absolute Gasteiger partial charge is 0.508 e. The Morgan fingerprint density at radius 1 is 1.19 bits per heavy atom. The van der Waals surface area contributed by atoms with Crippen LogP contribution in [0.2, 0.25) is 0 Å². The summed E-state index contributed by atoms with van der Waals surface area (Å²) in [5, 5.41) is 9.83. The number of phenolic OH excluding ortho intramolecular Hbond substituents is 1. The number of ketones is 1. The van der Waals surface area contributed by atoms with E-state index >= 15 is 0 Å². The van der Waals surface area contributed by atoms with Crippen LogP contribution in [0, 0.1) is 5.92 Å².